The zero-order chi connectivity index (χ0) is 21.0. The van der Waals surface area contributed by atoms with Crippen LogP contribution in [0.15, 0.2) is 60.2 Å². The summed E-state index contributed by atoms with van der Waals surface area (Å²) < 4.78 is 5.16. The highest BCUT2D eigenvalue weighted by atomic mass is 16.5. The zero-order valence-electron chi connectivity index (χ0n) is 15.9. The van der Waals surface area contributed by atoms with E-state index in [0.717, 1.165) is 0 Å². The molecular formula is C22H21NO6. The number of hydrogen-bond acceptors (Lipinski definition) is 5. The summed E-state index contributed by atoms with van der Waals surface area (Å²) in [6, 6.07) is 14.6. The van der Waals surface area contributed by atoms with Gasteiger partial charge in [-0.3, -0.25) is 14.4 Å². The molecule has 1 fully saturated rings. The van der Waals surface area contributed by atoms with Crippen LogP contribution in [0.5, 0.6) is 5.75 Å². The number of ether oxygens (including phenoxy) is 1. The topological polar surface area (TPSA) is 104 Å². The normalized spacial score (nSPS) is 18.1. The number of carbonyl (C=O) groups is 3. The molecule has 3 rings (SSSR count). The van der Waals surface area contributed by atoms with Crippen LogP contribution in [0.3, 0.4) is 0 Å². The van der Waals surface area contributed by atoms with Crippen molar-refractivity contribution >= 4 is 23.4 Å². The second-order valence-electron chi connectivity index (χ2n) is 6.63. The van der Waals surface area contributed by atoms with E-state index >= 15 is 0 Å². The lowest BCUT2D eigenvalue weighted by Gasteiger charge is -2.25. The van der Waals surface area contributed by atoms with Crippen LogP contribution in [-0.4, -0.2) is 46.4 Å². The third-order valence-electron chi connectivity index (χ3n) is 4.81. The van der Waals surface area contributed by atoms with Crippen molar-refractivity contribution in [2.24, 2.45) is 0 Å². The molecule has 1 aliphatic rings. The van der Waals surface area contributed by atoms with Gasteiger partial charge in [-0.2, -0.15) is 0 Å². The van der Waals surface area contributed by atoms with Crippen molar-refractivity contribution in [2.45, 2.75) is 18.9 Å². The number of hydrogen-bond donors (Lipinski definition) is 2. The van der Waals surface area contributed by atoms with Gasteiger partial charge in [0.05, 0.1) is 18.7 Å². The third kappa shape index (κ3) is 4.13. The molecule has 1 aliphatic heterocycles. The van der Waals surface area contributed by atoms with E-state index in [4.69, 9.17) is 9.84 Å². The number of aliphatic carboxylic acids is 1. The van der Waals surface area contributed by atoms with Gasteiger partial charge in [-0.15, -0.1) is 0 Å². The number of amides is 1. The Morgan fingerprint density at radius 1 is 1.03 bits per heavy atom. The van der Waals surface area contributed by atoms with E-state index in [1.165, 1.54) is 12.0 Å². The summed E-state index contributed by atoms with van der Waals surface area (Å²) in [5.41, 5.74) is 1.04. The van der Waals surface area contributed by atoms with Crippen molar-refractivity contribution in [1.82, 2.24) is 4.90 Å². The van der Waals surface area contributed by atoms with Crippen molar-refractivity contribution in [1.29, 1.82) is 0 Å². The second-order valence-corrected chi connectivity index (χ2v) is 6.63. The van der Waals surface area contributed by atoms with Crippen molar-refractivity contribution in [3.8, 4) is 5.75 Å². The van der Waals surface area contributed by atoms with Crippen molar-refractivity contribution in [2.75, 3.05) is 13.7 Å². The van der Waals surface area contributed by atoms with E-state index < -0.39 is 23.7 Å². The summed E-state index contributed by atoms with van der Waals surface area (Å²) in [5.74, 6) is -2.17. The minimum Gasteiger partial charge on any atom is -0.507 e. The first-order valence-electron chi connectivity index (χ1n) is 9.13. The van der Waals surface area contributed by atoms with Crippen LogP contribution in [0.4, 0.5) is 0 Å². The number of carbonyl (C=O) groups excluding carboxylic acids is 2. The van der Waals surface area contributed by atoms with E-state index in [0.29, 0.717) is 16.9 Å². The Labute approximate surface area is 167 Å². The summed E-state index contributed by atoms with van der Waals surface area (Å²) in [6.07, 6.45) is 0.0669. The van der Waals surface area contributed by atoms with Gasteiger partial charge in [0, 0.05) is 18.5 Å². The van der Waals surface area contributed by atoms with E-state index in [2.05, 4.69) is 0 Å². The number of benzene rings is 2. The molecule has 0 aromatic heterocycles. The Hall–Kier alpha value is -3.61. The Balaban J connectivity index is 2.07. The monoisotopic (exact) mass is 395 g/mol. The Morgan fingerprint density at radius 2 is 1.69 bits per heavy atom. The summed E-state index contributed by atoms with van der Waals surface area (Å²) in [7, 11) is 1.53. The highest BCUT2D eigenvalue weighted by Crippen LogP contribution is 2.39. The Morgan fingerprint density at radius 3 is 2.28 bits per heavy atom. The molecule has 150 valence electrons. The number of likely N-dealkylation sites (tertiary alicyclic amines) is 1. The molecule has 7 heteroatoms. The molecule has 29 heavy (non-hydrogen) atoms. The largest absolute Gasteiger partial charge is 0.507 e. The van der Waals surface area contributed by atoms with E-state index in [1.54, 1.807) is 54.6 Å². The van der Waals surface area contributed by atoms with Gasteiger partial charge in [-0.25, -0.2) is 0 Å². The highest BCUT2D eigenvalue weighted by molar-refractivity contribution is 6.46. The molecular weight excluding hydrogens is 374 g/mol. The van der Waals surface area contributed by atoms with Crippen LogP contribution >= 0.6 is 0 Å². The van der Waals surface area contributed by atoms with Gasteiger partial charge in [-0.1, -0.05) is 42.5 Å². The summed E-state index contributed by atoms with van der Waals surface area (Å²) in [6.45, 7) is 0.0825. The molecule has 2 aromatic rings. The molecule has 1 amide bonds. The molecule has 2 aromatic carbocycles. The highest BCUT2D eigenvalue weighted by Gasteiger charge is 2.45. The molecule has 0 aliphatic carbocycles. The molecule has 0 bridgehead atoms. The van der Waals surface area contributed by atoms with Gasteiger partial charge in [0.2, 0.25) is 0 Å². The minimum atomic E-state index is -0.980. The standard InChI is InChI=1S/C22H21NO6/c1-29-16-11-9-14(10-12-16)19-18(20(26)15-6-3-2-4-7-15)21(27)22(28)23(19)13-5-8-17(24)25/h2-4,6-7,9-12,19,26H,5,8,13H2,1H3,(H,24,25)/t19-/m1/s1. The van der Waals surface area contributed by atoms with Crippen LogP contribution in [0.2, 0.25) is 0 Å². The fourth-order valence-electron chi connectivity index (χ4n) is 3.40. The van der Waals surface area contributed by atoms with Gasteiger partial charge >= 0.3 is 5.97 Å². The van der Waals surface area contributed by atoms with Crippen LogP contribution in [0, 0.1) is 0 Å². The van der Waals surface area contributed by atoms with Crippen LogP contribution in [-0.2, 0) is 14.4 Å². The SMILES string of the molecule is COc1ccc([C@@H]2C(=C(O)c3ccccc3)C(=O)C(=O)N2CCCC(=O)O)cc1. The molecule has 0 spiro atoms. The van der Waals surface area contributed by atoms with Crippen molar-refractivity contribution in [3.63, 3.8) is 0 Å². The minimum absolute atomic E-state index is 0.0123. The molecule has 0 unspecified atom stereocenters. The number of carboxylic acids is 1. The Bertz CT molecular complexity index is 949. The van der Waals surface area contributed by atoms with Crippen molar-refractivity contribution < 1.29 is 29.3 Å². The average molecular weight is 395 g/mol. The molecule has 1 saturated heterocycles. The summed E-state index contributed by atoms with van der Waals surface area (Å²) in [4.78, 5) is 37.7. The van der Waals surface area contributed by atoms with Gasteiger partial charge in [0.1, 0.15) is 11.5 Å². The van der Waals surface area contributed by atoms with Crippen LogP contribution in [0.1, 0.15) is 30.0 Å². The average Bonchev–Trinajstić information content (AvgIpc) is 2.98. The first-order chi connectivity index (χ1) is 13.9. The first kappa shape index (κ1) is 20.1. The number of ketones is 1. The number of aliphatic hydroxyl groups excluding tert-OH is 1. The molecule has 1 heterocycles. The van der Waals surface area contributed by atoms with Crippen LogP contribution < -0.4 is 4.74 Å². The van der Waals surface area contributed by atoms with E-state index in [9.17, 15) is 19.5 Å². The Kier molecular flexibility index (Phi) is 5.97. The quantitative estimate of drug-likeness (QED) is 0.424. The number of nitrogens with zero attached hydrogens (tertiary/aromatic N) is 1. The van der Waals surface area contributed by atoms with E-state index in [1.807, 2.05) is 0 Å². The smallest absolute Gasteiger partial charge is 0.303 e. The van der Waals surface area contributed by atoms with Gasteiger partial charge < -0.3 is 19.8 Å². The predicted molar refractivity (Wildman–Crippen MR) is 105 cm³/mol. The lowest BCUT2D eigenvalue weighted by molar-refractivity contribution is -0.140. The number of Topliss-reactive ketones (excluding diaryl/α,β-unsaturated/α-hetero) is 1. The number of rotatable bonds is 7. The fraction of sp³-hybridized carbons (Fsp3) is 0.227. The maximum atomic E-state index is 12.8. The summed E-state index contributed by atoms with van der Waals surface area (Å²) in [5, 5.41) is 19.7. The van der Waals surface area contributed by atoms with E-state index in [-0.39, 0.29) is 30.7 Å². The van der Waals surface area contributed by atoms with Gasteiger partial charge in [-0.05, 0) is 24.1 Å². The summed E-state index contributed by atoms with van der Waals surface area (Å²) >= 11 is 0. The van der Waals surface area contributed by atoms with Crippen molar-refractivity contribution in [3.05, 3.63) is 71.3 Å². The molecule has 7 nitrogen and oxygen atoms in total. The maximum absolute atomic E-state index is 12.8. The zero-order valence-corrected chi connectivity index (χ0v) is 15.9. The number of methoxy groups -OCH3 is 1. The maximum Gasteiger partial charge on any atom is 0.303 e. The molecule has 2 N–H and O–H groups in total. The van der Waals surface area contributed by atoms with Crippen LogP contribution in [0.25, 0.3) is 5.76 Å². The fourth-order valence-corrected chi connectivity index (χ4v) is 3.40. The number of carboxylic acid groups (broad SMARTS) is 1. The van der Waals surface area contributed by atoms with Gasteiger partial charge in [0.15, 0.2) is 0 Å². The molecule has 1 atom stereocenters. The first-order valence-corrected chi connectivity index (χ1v) is 9.13. The number of aliphatic hydroxyl groups is 1. The predicted octanol–water partition coefficient (Wildman–Crippen LogP) is 2.98. The lowest BCUT2D eigenvalue weighted by atomic mass is 9.95. The second kappa shape index (κ2) is 8.60. The lowest BCUT2D eigenvalue weighted by Crippen LogP contribution is -2.31. The molecule has 0 radical (unpaired) electrons. The van der Waals surface area contributed by atoms with Gasteiger partial charge in [0.25, 0.3) is 11.7 Å². The third-order valence-corrected chi connectivity index (χ3v) is 4.81. The molecule has 0 saturated carbocycles.